The van der Waals surface area contributed by atoms with Crippen LogP contribution in [-0.2, 0) is 14.3 Å². The van der Waals surface area contributed by atoms with Crippen LogP contribution in [0.2, 0.25) is 0 Å². The molecule has 0 N–H and O–H groups in total. The molecule has 0 radical (unpaired) electrons. The van der Waals surface area contributed by atoms with E-state index in [9.17, 15) is 4.79 Å². The van der Waals surface area contributed by atoms with Gasteiger partial charge in [0.05, 0.1) is 25.2 Å². The molecule has 0 spiro atoms. The number of hydrogen-bond acceptors (Lipinski definition) is 3. The van der Waals surface area contributed by atoms with Crippen LogP contribution < -0.4 is 0 Å². The van der Waals surface area contributed by atoms with Crippen molar-refractivity contribution in [3.8, 4) is 0 Å². The highest BCUT2D eigenvalue weighted by Crippen LogP contribution is 2.44. The van der Waals surface area contributed by atoms with E-state index in [2.05, 4.69) is 20.8 Å². The van der Waals surface area contributed by atoms with Gasteiger partial charge in [0.15, 0.2) is 0 Å². The van der Waals surface area contributed by atoms with Gasteiger partial charge in [0.1, 0.15) is 0 Å². The smallest absolute Gasteiger partial charge is 0.311 e. The molecule has 1 saturated heterocycles. The number of rotatable bonds is 2. The molecule has 104 valence electrons. The SMILES string of the molecule is COC(=O)[C@H]1C[C@@H](C(C)(C)C)O[C@H]1c1ccccc1. The average Bonchev–Trinajstić information content (AvgIpc) is 2.83. The largest absolute Gasteiger partial charge is 0.469 e. The van der Waals surface area contributed by atoms with Gasteiger partial charge in [0.2, 0.25) is 0 Å². The van der Waals surface area contributed by atoms with Gasteiger partial charge in [0.25, 0.3) is 0 Å². The van der Waals surface area contributed by atoms with Crippen LogP contribution in [0.25, 0.3) is 0 Å². The van der Waals surface area contributed by atoms with Crippen molar-refractivity contribution in [3.63, 3.8) is 0 Å². The number of carbonyl (C=O) groups is 1. The second-order valence-corrected chi connectivity index (χ2v) is 6.19. The topological polar surface area (TPSA) is 35.5 Å². The van der Waals surface area contributed by atoms with Crippen LogP contribution in [0.3, 0.4) is 0 Å². The van der Waals surface area contributed by atoms with E-state index in [1.807, 2.05) is 30.3 Å². The van der Waals surface area contributed by atoms with Crippen LogP contribution in [0, 0.1) is 11.3 Å². The average molecular weight is 262 g/mol. The molecule has 2 rings (SSSR count). The molecule has 0 amide bonds. The number of ether oxygens (including phenoxy) is 2. The van der Waals surface area contributed by atoms with E-state index in [4.69, 9.17) is 9.47 Å². The van der Waals surface area contributed by atoms with Crippen LogP contribution in [0.1, 0.15) is 38.9 Å². The van der Waals surface area contributed by atoms with Crippen molar-refractivity contribution in [2.75, 3.05) is 7.11 Å². The zero-order chi connectivity index (χ0) is 14.0. The molecule has 3 nitrogen and oxygen atoms in total. The van der Waals surface area contributed by atoms with E-state index in [-0.39, 0.29) is 29.5 Å². The van der Waals surface area contributed by atoms with E-state index < -0.39 is 0 Å². The summed E-state index contributed by atoms with van der Waals surface area (Å²) >= 11 is 0. The molecular formula is C16H22O3. The van der Waals surface area contributed by atoms with Gasteiger partial charge in [-0.2, -0.15) is 0 Å². The second kappa shape index (κ2) is 5.33. The lowest BCUT2D eigenvalue weighted by atomic mass is 9.84. The van der Waals surface area contributed by atoms with Gasteiger partial charge < -0.3 is 9.47 Å². The molecule has 0 aliphatic carbocycles. The molecule has 1 aliphatic heterocycles. The monoisotopic (exact) mass is 262 g/mol. The molecule has 0 saturated carbocycles. The Morgan fingerprint density at radius 2 is 1.89 bits per heavy atom. The molecule has 3 atom stereocenters. The first kappa shape index (κ1) is 14.1. The normalized spacial score (nSPS) is 27.3. The van der Waals surface area contributed by atoms with Crippen LogP contribution in [-0.4, -0.2) is 19.2 Å². The van der Waals surface area contributed by atoms with Crippen molar-refractivity contribution in [2.45, 2.75) is 39.4 Å². The standard InChI is InChI=1S/C16H22O3/c1-16(2,3)13-10-12(15(17)18-4)14(19-13)11-8-6-5-7-9-11/h5-9,12-14H,10H2,1-4H3/t12-,13-,14-/m0/s1. The van der Waals surface area contributed by atoms with Crippen LogP contribution >= 0.6 is 0 Å². The van der Waals surface area contributed by atoms with Crippen molar-refractivity contribution in [1.82, 2.24) is 0 Å². The molecule has 1 heterocycles. The van der Waals surface area contributed by atoms with Gasteiger partial charge in [-0.25, -0.2) is 0 Å². The fraction of sp³-hybridized carbons (Fsp3) is 0.562. The van der Waals surface area contributed by atoms with E-state index in [0.717, 1.165) is 12.0 Å². The highest BCUT2D eigenvalue weighted by Gasteiger charge is 2.45. The third-order valence-electron chi connectivity index (χ3n) is 3.74. The minimum absolute atomic E-state index is 0.0236. The molecule has 1 fully saturated rings. The summed E-state index contributed by atoms with van der Waals surface area (Å²) < 4.78 is 11.1. The summed E-state index contributed by atoms with van der Waals surface area (Å²) in [6.07, 6.45) is 0.593. The number of esters is 1. The Morgan fingerprint density at radius 3 is 2.42 bits per heavy atom. The predicted molar refractivity (Wildman–Crippen MR) is 73.6 cm³/mol. The second-order valence-electron chi connectivity index (χ2n) is 6.19. The van der Waals surface area contributed by atoms with Gasteiger partial charge in [-0.3, -0.25) is 4.79 Å². The summed E-state index contributed by atoms with van der Waals surface area (Å²) in [7, 11) is 1.44. The summed E-state index contributed by atoms with van der Waals surface area (Å²) in [6, 6.07) is 9.92. The quantitative estimate of drug-likeness (QED) is 0.767. The van der Waals surface area contributed by atoms with E-state index >= 15 is 0 Å². The van der Waals surface area contributed by atoms with Crippen molar-refractivity contribution >= 4 is 5.97 Å². The van der Waals surface area contributed by atoms with E-state index in [1.54, 1.807) is 0 Å². The lowest BCUT2D eigenvalue weighted by molar-refractivity contribution is -0.147. The first-order valence-electron chi connectivity index (χ1n) is 6.71. The maximum Gasteiger partial charge on any atom is 0.311 e. The van der Waals surface area contributed by atoms with Gasteiger partial charge in [0, 0.05) is 0 Å². The summed E-state index contributed by atoms with van der Waals surface area (Å²) in [5.74, 6) is -0.391. The first-order chi connectivity index (χ1) is 8.93. The highest BCUT2D eigenvalue weighted by molar-refractivity contribution is 5.73. The summed E-state index contributed by atoms with van der Waals surface area (Å²) in [6.45, 7) is 6.41. The van der Waals surface area contributed by atoms with Crippen LogP contribution in [0.5, 0.6) is 0 Å². The molecule has 0 unspecified atom stereocenters. The molecule has 0 aromatic heterocycles. The van der Waals surface area contributed by atoms with Crippen molar-refractivity contribution in [3.05, 3.63) is 35.9 Å². The van der Waals surface area contributed by atoms with Gasteiger partial charge >= 0.3 is 5.97 Å². The Labute approximate surface area is 114 Å². The summed E-state index contributed by atoms with van der Waals surface area (Å²) in [4.78, 5) is 12.0. The Bertz CT molecular complexity index is 433. The Morgan fingerprint density at radius 1 is 1.26 bits per heavy atom. The number of hydrogen-bond donors (Lipinski definition) is 0. The predicted octanol–water partition coefficient (Wildman–Crippen LogP) is 3.35. The fourth-order valence-corrected chi connectivity index (χ4v) is 2.56. The van der Waals surface area contributed by atoms with Gasteiger partial charge in [-0.15, -0.1) is 0 Å². The minimum atomic E-state index is -0.211. The summed E-state index contributed by atoms with van der Waals surface area (Å²) in [5.41, 5.74) is 1.07. The van der Waals surface area contributed by atoms with E-state index in [1.165, 1.54) is 7.11 Å². The van der Waals surface area contributed by atoms with Gasteiger partial charge in [-0.05, 0) is 17.4 Å². The molecule has 1 aliphatic rings. The molecule has 3 heteroatoms. The molecule has 0 bridgehead atoms. The van der Waals surface area contributed by atoms with Crippen molar-refractivity contribution < 1.29 is 14.3 Å². The maximum absolute atomic E-state index is 12.0. The number of carbonyl (C=O) groups excluding carboxylic acids is 1. The molecule has 19 heavy (non-hydrogen) atoms. The van der Waals surface area contributed by atoms with Crippen LogP contribution in [0.15, 0.2) is 30.3 Å². The van der Waals surface area contributed by atoms with Crippen molar-refractivity contribution in [1.29, 1.82) is 0 Å². The summed E-state index contributed by atoms with van der Waals surface area (Å²) in [5, 5.41) is 0. The number of methoxy groups -OCH3 is 1. The number of benzene rings is 1. The molecular weight excluding hydrogens is 240 g/mol. The zero-order valence-electron chi connectivity index (χ0n) is 12.1. The lowest BCUT2D eigenvalue weighted by Gasteiger charge is -2.26. The Kier molecular flexibility index (Phi) is 3.95. The fourth-order valence-electron chi connectivity index (χ4n) is 2.56. The Balaban J connectivity index is 2.27. The van der Waals surface area contributed by atoms with Crippen LogP contribution in [0.4, 0.5) is 0 Å². The van der Waals surface area contributed by atoms with Crippen molar-refractivity contribution in [2.24, 2.45) is 11.3 Å². The Hall–Kier alpha value is -1.35. The third kappa shape index (κ3) is 2.98. The zero-order valence-corrected chi connectivity index (χ0v) is 12.1. The lowest BCUT2D eigenvalue weighted by Crippen LogP contribution is -2.25. The van der Waals surface area contributed by atoms with E-state index in [0.29, 0.717) is 0 Å². The molecule has 1 aromatic rings. The minimum Gasteiger partial charge on any atom is -0.469 e. The highest BCUT2D eigenvalue weighted by atomic mass is 16.5. The first-order valence-corrected chi connectivity index (χ1v) is 6.71. The van der Waals surface area contributed by atoms with Gasteiger partial charge in [-0.1, -0.05) is 51.1 Å². The third-order valence-corrected chi connectivity index (χ3v) is 3.74. The maximum atomic E-state index is 12.0. The molecule has 1 aromatic carbocycles.